The van der Waals surface area contributed by atoms with Gasteiger partial charge in [-0.1, -0.05) is 0 Å². The summed E-state index contributed by atoms with van der Waals surface area (Å²) in [6, 6.07) is 9.21. The maximum Gasteiger partial charge on any atom is 0.286 e. The molecule has 0 radical (unpaired) electrons. The number of ether oxygens (including phenoxy) is 2. The third-order valence-corrected chi connectivity index (χ3v) is 5.71. The molecule has 0 aliphatic heterocycles. The number of halogens is 1. The lowest BCUT2D eigenvalue weighted by atomic mass is 10.1. The zero-order valence-corrected chi connectivity index (χ0v) is 20.6. The zero-order valence-electron chi connectivity index (χ0n) is 20.6. The number of aromatic nitrogens is 6. The van der Waals surface area contributed by atoms with Gasteiger partial charge in [0.1, 0.15) is 22.6 Å². The average molecular weight is 534 g/mol. The fraction of sp³-hybridized carbons (Fsp3) is 0.125. The van der Waals surface area contributed by atoms with Crippen molar-refractivity contribution in [3.63, 3.8) is 0 Å². The minimum atomic E-state index is -0.844. The molecule has 0 fully saturated rings. The number of hydrogen-bond donors (Lipinski definition) is 2. The first kappa shape index (κ1) is 25.1. The lowest BCUT2D eigenvalue weighted by Gasteiger charge is -2.12. The summed E-state index contributed by atoms with van der Waals surface area (Å²) in [5.41, 5.74) is -0.285. The number of nitrogens with one attached hydrogen (secondary N) is 2. The Morgan fingerprint density at radius 3 is 2.46 bits per heavy atom. The molecule has 0 spiro atoms. The highest BCUT2D eigenvalue weighted by molar-refractivity contribution is 6.07. The molecule has 3 aromatic heterocycles. The molecule has 2 aromatic carbocycles. The molecular weight excluding hydrogens is 515 g/mol. The van der Waals surface area contributed by atoms with E-state index in [1.807, 2.05) is 0 Å². The third kappa shape index (κ3) is 4.52. The summed E-state index contributed by atoms with van der Waals surface area (Å²) in [5.74, 6) is -1.09. The molecule has 3 heterocycles. The second-order valence-electron chi connectivity index (χ2n) is 8.18. The van der Waals surface area contributed by atoms with Crippen LogP contribution >= 0.6 is 0 Å². The van der Waals surface area contributed by atoms with Crippen LogP contribution in [0.2, 0.25) is 0 Å². The number of nitrogens with zero attached hydrogens (tertiary/aromatic N) is 6. The van der Waals surface area contributed by atoms with Crippen LogP contribution in [0, 0.1) is 22.9 Å². The van der Waals surface area contributed by atoms with Gasteiger partial charge in [-0.05, 0) is 31.2 Å². The zero-order chi connectivity index (χ0) is 27.8. The first-order valence-corrected chi connectivity index (χ1v) is 11.2. The fourth-order valence-electron chi connectivity index (χ4n) is 3.91. The molecule has 14 nitrogen and oxygen atoms in total. The molecule has 0 bridgehead atoms. The van der Waals surface area contributed by atoms with E-state index in [0.29, 0.717) is 11.4 Å². The van der Waals surface area contributed by atoms with E-state index in [1.165, 1.54) is 66.2 Å². The topological polar surface area (TPSA) is 172 Å². The Morgan fingerprint density at radius 1 is 1.10 bits per heavy atom. The molecule has 2 N–H and O–H groups in total. The Bertz CT molecular complexity index is 1810. The van der Waals surface area contributed by atoms with E-state index in [2.05, 4.69) is 25.5 Å². The number of methoxy groups -OCH3 is 2. The summed E-state index contributed by atoms with van der Waals surface area (Å²) < 4.78 is 26.2. The predicted molar refractivity (Wildman–Crippen MR) is 135 cm³/mol. The molecular formula is C24H19FN8O6. The Morgan fingerprint density at radius 2 is 1.79 bits per heavy atom. The van der Waals surface area contributed by atoms with Gasteiger partial charge in [0.15, 0.2) is 17.1 Å². The Kier molecular flexibility index (Phi) is 6.23. The minimum absolute atomic E-state index is 0.0666. The average Bonchev–Trinajstić information content (AvgIpc) is 3.51. The number of anilines is 1. The summed E-state index contributed by atoms with van der Waals surface area (Å²) >= 11 is 0. The van der Waals surface area contributed by atoms with E-state index in [9.17, 15) is 24.1 Å². The number of aryl methyl sites for hydroxylation is 1. The second kappa shape index (κ2) is 9.70. The van der Waals surface area contributed by atoms with Gasteiger partial charge in [-0.2, -0.15) is 19.9 Å². The first-order chi connectivity index (χ1) is 18.7. The highest BCUT2D eigenvalue weighted by atomic mass is 19.1. The molecule has 39 heavy (non-hydrogen) atoms. The van der Waals surface area contributed by atoms with Crippen LogP contribution in [0.25, 0.3) is 22.7 Å². The molecule has 5 aromatic rings. The van der Waals surface area contributed by atoms with Crippen molar-refractivity contribution in [2.75, 3.05) is 19.5 Å². The van der Waals surface area contributed by atoms with Gasteiger partial charge in [-0.25, -0.2) is 9.07 Å². The van der Waals surface area contributed by atoms with Gasteiger partial charge in [0, 0.05) is 12.1 Å². The van der Waals surface area contributed by atoms with Crippen molar-refractivity contribution in [1.82, 2.24) is 29.5 Å². The van der Waals surface area contributed by atoms with E-state index in [-0.39, 0.29) is 39.9 Å². The molecule has 198 valence electrons. The number of rotatable bonds is 7. The van der Waals surface area contributed by atoms with Crippen molar-refractivity contribution in [3.05, 3.63) is 86.2 Å². The molecule has 1 amide bonds. The highest BCUT2D eigenvalue weighted by Gasteiger charge is 2.26. The van der Waals surface area contributed by atoms with Crippen molar-refractivity contribution < 1.29 is 23.6 Å². The molecule has 0 atom stereocenters. The summed E-state index contributed by atoms with van der Waals surface area (Å²) in [5, 5.41) is 22.9. The van der Waals surface area contributed by atoms with Gasteiger partial charge >= 0.3 is 0 Å². The Balaban J connectivity index is 1.58. The summed E-state index contributed by atoms with van der Waals surface area (Å²) in [4.78, 5) is 44.1. The Hall–Kier alpha value is -5.60. The summed E-state index contributed by atoms with van der Waals surface area (Å²) in [6.45, 7) is 1.64. The van der Waals surface area contributed by atoms with Crippen LogP contribution in [0.1, 0.15) is 16.1 Å². The number of nitro groups is 1. The van der Waals surface area contributed by atoms with Crippen molar-refractivity contribution in [1.29, 1.82) is 0 Å². The number of fused-ring (bicyclic) bond motifs is 1. The standard InChI is InChI=1S/C24H19FN8O6/c1-12-8-20(27-22(34)15-9-18(38-2)19(39-3)10-17(15)33(36)37)32(30-12)24-28-21-16(23(35)29-24)11-26-31(21)14-6-4-13(25)5-7-14/h4-11H,1-3H3,(H,27,34)(H,28,29,35). The fourth-order valence-corrected chi connectivity index (χ4v) is 3.91. The number of aromatic amines is 1. The number of nitro benzene ring substituents is 1. The number of H-pyrrole nitrogens is 1. The van der Waals surface area contributed by atoms with Crippen LogP contribution < -0.4 is 20.3 Å². The monoisotopic (exact) mass is 534 g/mol. The van der Waals surface area contributed by atoms with Crippen molar-refractivity contribution >= 4 is 28.4 Å². The Labute approximate surface area is 217 Å². The molecule has 0 saturated heterocycles. The highest BCUT2D eigenvalue weighted by Crippen LogP contribution is 2.35. The maximum atomic E-state index is 13.4. The van der Waals surface area contributed by atoms with Crippen LogP contribution in [0.3, 0.4) is 0 Å². The molecule has 5 rings (SSSR count). The predicted octanol–water partition coefficient (Wildman–Crippen LogP) is 2.92. The second-order valence-corrected chi connectivity index (χ2v) is 8.18. The van der Waals surface area contributed by atoms with E-state index < -0.39 is 27.9 Å². The van der Waals surface area contributed by atoms with Crippen molar-refractivity contribution in [2.24, 2.45) is 0 Å². The van der Waals surface area contributed by atoms with E-state index >= 15 is 0 Å². The van der Waals surface area contributed by atoms with Gasteiger partial charge in [0.2, 0.25) is 5.95 Å². The van der Waals surface area contributed by atoms with Crippen LogP contribution in [0.5, 0.6) is 11.5 Å². The third-order valence-electron chi connectivity index (χ3n) is 5.71. The minimum Gasteiger partial charge on any atom is -0.493 e. The smallest absolute Gasteiger partial charge is 0.286 e. The van der Waals surface area contributed by atoms with Crippen molar-refractivity contribution in [2.45, 2.75) is 6.92 Å². The lowest BCUT2D eigenvalue weighted by molar-refractivity contribution is -0.385. The number of hydrogen-bond acceptors (Lipinski definition) is 9. The van der Waals surface area contributed by atoms with E-state index in [0.717, 1.165) is 6.07 Å². The lowest BCUT2D eigenvalue weighted by Crippen LogP contribution is -2.20. The van der Waals surface area contributed by atoms with Gasteiger partial charge in [0.25, 0.3) is 17.2 Å². The SMILES string of the molecule is COc1cc(C(=O)Nc2cc(C)nn2-c2nc3c(cnn3-c3ccc(F)cc3)c(=O)[nH]2)c([N+](=O)[O-])cc1OC. The van der Waals surface area contributed by atoms with Gasteiger partial charge < -0.3 is 14.8 Å². The molecule has 0 aliphatic rings. The van der Waals surface area contributed by atoms with E-state index in [1.54, 1.807) is 6.92 Å². The van der Waals surface area contributed by atoms with Gasteiger partial charge in [-0.15, -0.1) is 0 Å². The van der Waals surface area contributed by atoms with Crippen molar-refractivity contribution in [3.8, 4) is 23.1 Å². The number of amides is 1. The number of benzene rings is 2. The first-order valence-electron chi connectivity index (χ1n) is 11.2. The quantitative estimate of drug-likeness (QED) is 0.235. The normalized spacial score (nSPS) is 11.0. The molecule has 0 saturated carbocycles. The molecule has 0 unspecified atom stereocenters. The summed E-state index contributed by atoms with van der Waals surface area (Å²) in [7, 11) is 2.65. The maximum absolute atomic E-state index is 13.4. The number of carbonyl (C=O) groups is 1. The van der Waals surface area contributed by atoms with E-state index in [4.69, 9.17) is 9.47 Å². The summed E-state index contributed by atoms with van der Waals surface area (Å²) in [6.07, 6.45) is 1.32. The van der Waals surface area contributed by atoms with Gasteiger partial charge in [0.05, 0.1) is 42.8 Å². The van der Waals surface area contributed by atoms with Crippen LogP contribution in [0.15, 0.2) is 53.5 Å². The largest absolute Gasteiger partial charge is 0.493 e. The van der Waals surface area contributed by atoms with Crippen LogP contribution in [-0.4, -0.2) is 54.6 Å². The molecule has 15 heteroatoms. The number of carbonyl (C=O) groups excluding carboxylic acids is 1. The van der Waals surface area contributed by atoms with Crippen LogP contribution in [-0.2, 0) is 0 Å². The van der Waals surface area contributed by atoms with Crippen LogP contribution in [0.4, 0.5) is 15.9 Å². The van der Waals surface area contributed by atoms with Gasteiger partial charge in [-0.3, -0.25) is 24.7 Å². The molecule has 0 aliphatic carbocycles.